The summed E-state index contributed by atoms with van der Waals surface area (Å²) in [6.07, 6.45) is 0. The van der Waals surface area contributed by atoms with E-state index in [4.69, 9.17) is 0 Å². The molecule has 4 heavy (non-hydrogen) atoms. The fraction of sp³-hybridized carbons (Fsp3) is 0. The third-order valence-corrected chi connectivity index (χ3v) is 0. The van der Waals surface area contributed by atoms with Crippen LogP contribution < -0.4 is 0 Å². The third kappa shape index (κ3) is 9.30. The quantitative estimate of drug-likeness (QED) is 0.390. The molecule has 0 aliphatic carbocycles. The zero-order chi connectivity index (χ0) is 0. The number of rotatable bonds is 0. The fourth-order valence-corrected chi connectivity index (χ4v) is 0. The molecule has 0 rings (SSSR count). The molecule has 0 heterocycles. The molecule has 0 aliphatic heterocycles. The van der Waals surface area contributed by atoms with Crippen LogP contribution >= 0.6 is 0 Å². The van der Waals surface area contributed by atoms with Gasteiger partial charge in [0.25, 0.3) is 0 Å². The molecule has 0 aromatic heterocycles. The average Bonchev–Trinajstić information content (AvgIpc) is 0. The van der Waals surface area contributed by atoms with E-state index in [9.17, 15) is 0 Å². The predicted molar refractivity (Wildman–Crippen MR) is 17.3 cm³/mol. The Labute approximate surface area is 113 Å². The second-order valence-electron chi connectivity index (χ2n) is 0. The van der Waals surface area contributed by atoms with Crippen molar-refractivity contribution >= 4 is 77.5 Å². The molecule has 0 N–H and O–H groups in total. The second-order valence-corrected chi connectivity index (χ2v) is 0. The zero-order valence-corrected chi connectivity index (χ0v) is 14.0. The van der Waals surface area contributed by atoms with Crippen molar-refractivity contribution in [1.29, 1.82) is 0 Å². The van der Waals surface area contributed by atoms with E-state index in [1.54, 1.807) is 0 Å². The first-order valence-corrected chi connectivity index (χ1v) is 0. The predicted octanol–water partition coefficient (Wildman–Crippen LogP) is -1.14. The van der Waals surface area contributed by atoms with Crippen LogP contribution in [0.25, 0.3) is 0 Å². The molecule has 0 amide bonds. The van der Waals surface area contributed by atoms with Crippen LogP contribution in [-0.4, -0.2) is 77.5 Å². The number of hydrogen-bond donors (Lipinski definition) is 0. The van der Waals surface area contributed by atoms with Crippen LogP contribution in [0.4, 0.5) is 0 Å². The molecule has 0 unspecified atom stereocenters. The van der Waals surface area contributed by atoms with Crippen LogP contribution in [-0.2, 0) is 0 Å². The van der Waals surface area contributed by atoms with Gasteiger partial charge in [-0.05, 0) is 0 Å². The van der Waals surface area contributed by atoms with Gasteiger partial charge < -0.3 is 0 Å². The summed E-state index contributed by atoms with van der Waals surface area (Å²) in [5.74, 6) is 0. The smallest absolute Gasteiger partial charge is 0 e. The van der Waals surface area contributed by atoms with Crippen molar-refractivity contribution in [3.05, 3.63) is 0 Å². The number of hydrogen-bond acceptors (Lipinski definition) is 0. The first-order valence-electron chi connectivity index (χ1n) is 0. The molecule has 9 radical (unpaired) electrons. The SMILES string of the molecule is [Dy].[In].[In].[In]. The van der Waals surface area contributed by atoms with E-state index in [2.05, 4.69) is 0 Å². The normalized spacial score (nSPS) is 0. The van der Waals surface area contributed by atoms with Gasteiger partial charge in [0.1, 0.15) is 0 Å². The molecule has 0 bridgehead atoms. The summed E-state index contributed by atoms with van der Waals surface area (Å²) in [5.41, 5.74) is 0. The molecule has 0 spiro atoms. The van der Waals surface area contributed by atoms with E-state index in [1.165, 1.54) is 0 Å². The Morgan fingerprint density at radius 3 is 0.500 bits per heavy atom. The Balaban J connectivity index is 0. The summed E-state index contributed by atoms with van der Waals surface area (Å²) in [5, 5.41) is 0. The maximum Gasteiger partial charge on any atom is 0 e. The van der Waals surface area contributed by atoms with Gasteiger partial charge >= 0.3 is 0 Å². The maximum atomic E-state index is 0. The van der Waals surface area contributed by atoms with Crippen LogP contribution in [0, 0.1) is 38.2 Å². The molecule has 0 saturated carbocycles. The Morgan fingerprint density at radius 1 is 0.500 bits per heavy atom. The standard InChI is InChI=1S/Dy.3In. The molecule has 0 aromatic rings. The maximum absolute atomic E-state index is 0. The van der Waals surface area contributed by atoms with Crippen LogP contribution in [0.3, 0.4) is 0 Å². The molecule has 0 aliphatic rings. The molecule has 0 saturated heterocycles. The van der Waals surface area contributed by atoms with Gasteiger partial charge in [0, 0.05) is 116 Å². The van der Waals surface area contributed by atoms with E-state index in [-0.39, 0.29) is 116 Å². The van der Waals surface area contributed by atoms with E-state index in [0.29, 0.717) is 0 Å². The van der Waals surface area contributed by atoms with Gasteiger partial charge in [-0.2, -0.15) is 0 Å². The monoisotopic (exact) mass is 509 g/mol. The van der Waals surface area contributed by atoms with Crippen molar-refractivity contribution < 1.29 is 38.2 Å². The van der Waals surface area contributed by atoms with E-state index in [0.717, 1.165) is 0 Å². The molecule has 0 aromatic carbocycles. The van der Waals surface area contributed by atoms with Gasteiger partial charge in [0.15, 0.2) is 0 Å². The van der Waals surface area contributed by atoms with Crippen molar-refractivity contribution in [3.63, 3.8) is 0 Å². The minimum Gasteiger partial charge on any atom is 0 e. The Kier molecular flexibility index (Phi) is 97.8. The van der Waals surface area contributed by atoms with Gasteiger partial charge in [-0.25, -0.2) is 0 Å². The molecule has 19 valence electrons. The largest absolute Gasteiger partial charge is 0 e. The van der Waals surface area contributed by atoms with Crippen molar-refractivity contribution in [2.45, 2.75) is 0 Å². The first kappa shape index (κ1) is 24.8. The van der Waals surface area contributed by atoms with Crippen molar-refractivity contribution in [2.24, 2.45) is 0 Å². The fourth-order valence-electron chi connectivity index (χ4n) is 0. The Hall–Kier alpha value is 3.88. The third-order valence-electron chi connectivity index (χ3n) is 0. The molecule has 4 heteroatoms. The van der Waals surface area contributed by atoms with Crippen molar-refractivity contribution in [3.8, 4) is 0 Å². The second kappa shape index (κ2) is 15.8. The van der Waals surface area contributed by atoms with Crippen LogP contribution in [0.1, 0.15) is 0 Å². The summed E-state index contributed by atoms with van der Waals surface area (Å²) in [7, 11) is 0. The van der Waals surface area contributed by atoms with Crippen LogP contribution in [0.15, 0.2) is 0 Å². The summed E-state index contributed by atoms with van der Waals surface area (Å²) in [6.45, 7) is 0. The minimum absolute atomic E-state index is 0. The van der Waals surface area contributed by atoms with Gasteiger partial charge in [0.05, 0.1) is 0 Å². The zero-order valence-electron chi connectivity index (χ0n) is 2.05. The topological polar surface area (TPSA) is 0 Å². The van der Waals surface area contributed by atoms with Crippen molar-refractivity contribution in [1.82, 2.24) is 0 Å². The van der Waals surface area contributed by atoms with Gasteiger partial charge in [0.2, 0.25) is 0 Å². The van der Waals surface area contributed by atoms with Crippen molar-refractivity contribution in [2.75, 3.05) is 0 Å². The summed E-state index contributed by atoms with van der Waals surface area (Å²) < 4.78 is 0. The minimum atomic E-state index is 0. The molecule has 0 atom stereocenters. The molecular weight excluding hydrogens is 507 g/mol. The van der Waals surface area contributed by atoms with Gasteiger partial charge in [-0.1, -0.05) is 0 Å². The average molecular weight is 507 g/mol. The summed E-state index contributed by atoms with van der Waals surface area (Å²) in [4.78, 5) is 0. The van der Waals surface area contributed by atoms with E-state index < -0.39 is 0 Å². The molecular formula is DyIn3. The van der Waals surface area contributed by atoms with Gasteiger partial charge in [-0.15, -0.1) is 0 Å². The van der Waals surface area contributed by atoms with Crippen LogP contribution in [0.5, 0.6) is 0 Å². The van der Waals surface area contributed by atoms with Gasteiger partial charge in [-0.3, -0.25) is 0 Å². The van der Waals surface area contributed by atoms with E-state index in [1.807, 2.05) is 0 Å². The Bertz CT molecular complexity index is 3.25. The van der Waals surface area contributed by atoms with E-state index >= 15 is 0 Å². The molecule has 0 fully saturated rings. The first-order chi connectivity index (χ1) is 0. The molecule has 0 nitrogen and oxygen atoms in total. The van der Waals surface area contributed by atoms with Crippen LogP contribution in [0.2, 0.25) is 0 Å². The summed E-state index contributed by atoms with van der Waals surface area (Å²) in [6, 6.07) is 0. The summed E-state index contributed by atoms with van der Waals surface area (Å²) >= 11 is 0. The Morgan fingerprint density at radius 2 is 0.500 bits per heavy atom.